The summed E-state index contributed by atoms with van der Waals surface area (Å²) in [5.41, 5.74) is 2.15. The Hall–Kier alpha value is -1.13. The monoisotopic (exact) mass is 210 g/mol. The Labute approximate surface area is 90.6 Å². The molecule has 0 fully saturated rings. The second-order valence-corrected chi connectivity index (χ2v) is 3.33. The minimum atomic E-state index is 0.534. The smallest absolute Gasteiger partial charge is 0.213 e. The van der Waals surface area contributed by atoms with Crippen LogP contribution in [0.5, 0.6) is 5.88 Å². The zero-order chi connectivity index (χ0) is 11.1. The maximum absolute atomic E-state index is 5.45. The van der Waals surface area contributed by atoms with E-state index in [-0.39, 0.29) is 0 Å². The topological polar surface area (TPSA) is 43.4 Å². The molecular weight excluding hydrogens is 192 g/mol. The lowest BCUT2D eigenvalue weighted by Gasteiger charge is -2.08. The van der Waals surface area contributed by atoms with Crippen molar-refractivity contribution >= 4 is 0 Å². The molecule has 4 nitrogen and oxygen atoms in total. The highest BCUT2D eigenvalue weighted by Gasteiger charge is 2.00. The summed E-state index contributed by atoms with van der Waals surface area (Å²) in [7, 11) is 3.57. The Morgan fingerprint density at radius 2 is 2.13 bits per heavy atom. The second kappa shape index (κ2) is 6.37. The summed E-state index contributed by atoms with van der Waals surface area (Å²) < 4.78 is 10.4. The van der Waals surface area contributed by atoms with E-state index in [4.69, 9.17) is 9.47 Å². The highest BCUT2D eigenvalue weighted by atomic mass is 16.5. The molecule has 0 aliphatic heterocycles. The number of aryl methyl sites for hydroxylation is 1. The van der Waals surface area contributed by atoms with Gasteiger partial charge < -0.3 is 14.8 Å². The summed E-state index contributed by atoms with van der Waals surface area (Å²) >= 11 is 0. The normalized spacial score (nSPS) is 10.3. The first kappa shape index (κ1) is 11.9. The van der Waals surface area contributed by atoms with Crippen LogP contribution < -0.4 is 10.1 Å². The molecule has 1 aromatic heterocycles. The van der Waals surface area contributed by atoms with Gasteiger partial charge in [0.25, 0.3) is 0 Å². The SMILES string of the molecule is CNCc1cc(C)nc(OCCOC)c1. The molecule has 4 heteroatoms. The Kier molecular flexibility index (Phi) is 5.07. The molecule has 1 N–H and O–H groups in total. The number of rotatable bonds is 6. The Morgan fingerprint density at radius 3 is 2.80 bits per heavy atom. The molecule has 84 valence electrons. The van der Waals surface area contributed by atoms with Crippen molar-refractivity contribution in [3.63, 3.8) is 0 Å². The molecule has 0 radical (unpaired) electrons. The van der Waals surface area contributed by atoms with Gasteiger partial charge in [-0.1, -0.05) is 0 Å². The zero-order valence-corrected chi connectivity index (χ0v) is 9.54. The molecule has 0 saturated carbocycles. The van der Waals surface area contributed by atoms with Crippen LogP contribution in [0.1, 0.15) is 11.3 Å². The van der Waals surface area contributed by atoms with Gasteiger partial charge in [0.2, 0.25) is 5.88 Å². The number of nitrogens with one attached hydrogen (secondary N) is 1. The van der Waals surface area contributed by atoms with Gasteiger partial charge in [-0.15, -0.1) is 0 Å². The summed E-state index contributed by atoms with van der Waals surface area (Å²) in [6, 6.07) is 3.98. The quantitative estimate of drug-likeness (QED) is 0.715. The van der Waals surface area contributed by atoms with Crippen LogP contribution >= 0.6 is 0 Å². The molecule has 0 saturated heterocycles. The van der Waals surface area contributed by atoms with Crippen molar-refractivity contribution < 1.29 is 9.47 Å². The highest BCUT2D eigenvalue weighted by molar-refractivity contribution is 5.24. The second-order valence-electron chi connectivity index (χ2n) is 3.33. The van der Waals surface area contributed by atoms with Gasteiger partial charge in [-0.05, 0) is 25.6 Å². The van der Waals surface area contributed by atoms with Crippen LogP contribution in [0.4, 0.5) is 0 Å². The van der Waals surface area contributed by atoms with Crippen LogP contribution in [-0.2, 0) is 11.3 Å². The minimum absolute atomic E-state index is 0.534. The maximum atomic E-state index is 5.45. The third-order valence-corrected chi connectivity index (χ3v) is 1.91. The molecule has 0 atom stereocenters. The number of ether oxygens (including phenoxy) is 2. The lowest BCUT2D eigenvalue weighted by Crippen LogP contribution is -2.08. The molecule has 0 aliphatic carbocycles. The summed E-state index contributed by atoms with van der Waals surface area (Å²) in [5, 5.41) is 3.10. The van der Waals surface area contributed by atoms with E-state index in [0.717, 1.165) is 12.2 Å². The van der Waals surface area contributed by atoms with E-state index in [0.29, 0.717) is 19.1 Å². The van der Waals surface area contributed by atoms with Gasteiger partial charge in [0.15, 0.2) is 0 Å². The summed E-state index contributed by atoms with van der Waals surface area (Å²) in [6.07, 6.45) is 0. The fourth-order valence-corrected chi connectivity index (χ4v) is 1.32. The van der Waals surface area contributed by atoms with E-state index in [1.807, 2.05) is 26.1 Å². The Balaban J connectivity index is 2.62. The molecule has 15 heavy (non-hydrogen) atoms. The predicted molar refractivity (Wildman–Crippen MR) is 59.1 cm³/mol. The Morgan fingerprint density at radius 1 is 1.33 bits per heavy atom. The van der Waals surface area contributed by atoms with E-state index in [2.05, 4.69) is 10.3 Å². The van der Waals surface area contributed by atoms with Gasteiger partial charge in [-0.25, -0.2) is 4.98 Å². The van der Waals surface area contributed by atoms with Crippen molar-refractivity contribution in [1.82, 2.24) is 10.3 Å². The van der Waals surface area contributed by atoms with Crippen LogP contribution in [0, 0.1) is 6.92 Å². The summed E-state index contributed by atoms with van der Waals surface area (Å²) in [4.78, 5) is 4.28. The van der Waals surface area contributed by atoms with Crippen LogP contribution in [0.15, 0.2) is 12.1 Å². The van der Waals surface area contributed by atoms with Crippen molar-refractivity contribution in [3.8, 4) is 5.88 Å². The fraction of sp³-hybridized carbons (Fsp3) is 0.545. The largest absolute Gasteiger partial charge is 0.475 e. The number of hydrogen-bond donors (Lipinski definition) is 1. The van der Waals surface area contributed by atoms with E-state index in [1.54, 1.807) is 7.11 Å². The number of aromatic nitrogens is 1. The molecule has 0 bridgehead atoms. The number of pyridine rings is 1. The van der Waals surface area contributed by atoms with E-state index >= 15 is 0 Å². The summed E-state index contributed by atoms with van der Waals surface area (Å²) in [6.45, 7) is 3.90. The van der Waals surface area contributed by atoms with Crippen molar-refractivity contribution in [2.75, 3.05) is 27.4 Å². The van der Waals surface area contributed by atoms with Gasteiger partial charge in [0.1, 0.15) is 6.61 Å². The first-order valence-electron chi connectivity index (χ1n) is 5.00. The number of methoxy groups -OCH3 is 1. The van der Waals surface area contributed by atoms with Crippen LogP contribution in [0.2, 0.25) is 0 Å². The summed E-state index contributed by atoms with van der Waals surface area (Å²) in [5.74, 6) is 0.664. The molecule has 0 unspecified atom stereocenters. The van der Waals surface area contributed by atoms with Gasteiger partial charge in [0, 0.05) is 25.4 Å². The molecule has 0 aromatic carbocycles. The Bertz CT molecular complexity index is 303. The average Bonchev–Trinajstić information content (AvgIpc) is 2.18. The number of hydrogen-bond acceptors (Lipinski definition) is 4. The van der Waals surface area contributed by atoms with Gasteiger partial charge in [-0.3, -0.25) is 0 Å². The molecule has 1 rings (SSSR count). The lowest BCUT2D eigenvalue weighted by molar-refractivity contribution is 0.143. The molecule has 0 aliphatic rings. The molecule has 0 spiro atoms. The van der Waals surface area contributed by atoms with Gasteiger partial charge in [-0.2, -0.15) is 0 Å². The van der Waals surface area contributed by atoms with Crippen LogP contribution in [-0.4, -0.2) is 32.4 Å². The zero-order valence-electron chi connectivity index (χ0n) is 9.54. The van der Waals surface area contributed by atoms with Gasteiger partial charge >= 0.3 is 0 Å². The lowest BCUT2D eigenvalue weighted by atomic mass is 10.2. The van der Waals surface area contributed by atoms with Crippen LogP contribution in [0.25, 0.3) is 0 Å². The first-order valence-corrected chi connectivity index (χ1v) is 5.00. The van der Waals surface area contributed by atoms with Crippen molar-refractivity contribution in [3.05, 3.63) is 23.4 Å². The van der Waals surface area contributed by atoms with Crippen molar-refractivity contribution in [2.24, 2.45) is 0 Å². The predicted octanol–water partition coefficient (Wildman–Crippen LogP) is 1.13. The van der Waals surface area contributed by atoms with Crippen LogP contribution in [0.3, 0.4) is 0 Å². The standard InChI is InChI=1S/C11H18N2O2/c1-9-6-10(8-12-2)7-11(13-9)15-5-4-14-3/h6-7,12H,4-5,8H2,1-3H3. The molecule has 1 heterocycles. The highest BCUT2D eigenvalue weighted by Crippen LogP contribution is 2.12. The fourth-order valence-electron chi connectivity index (χ4n) is 1.32. The third kappa shape index (κ3) is 4.27. The molecule has 1 aromatic rings. The molecular formula is C11H18N2O2. The third-order valence-electron chi connectivity index (χ3n) is 1.91. The van der Waals surface area contributed by atoms with E-state index in [1.165, 1.54) is 5.56 Å². The average molecular weight is 210 g/mol. The number of nitrogens with zero attached hydrogens (tertiary/aromatic N) is 1. The van der Waals surface area contributed by atoms with E-state index in [9.17, 15) is 0 Å². The van der Waals surface area contributed by atoms with Gasteiger partial charge in [0.05, 0.1) is 6.61 Å². The van der Waals surface area contributed by atoms with Crippen molar-refractivity contribution in [2.45, 2.75) is 13.5 Å². The van der Waals surface area contributed by atoms with Crippen molar-refractivity contribution in [1.29, 1.82) is 0 Å². The molecule has 0 amide bonds. The maximum Gasteiger partial charge on any atom is 0.213 e. The minimum Gasteiger partial charge on any atom is -0.475 e. The van der Waals surface area contributed by atoms with E-state index < -0.39 is 0 Å². The first-order chi connectivity index (χ1) is 7.26.